The van der Waals surface area contributed by atoms with Crippen LogP contribution in [-0.2, 0) is 16.0 Å². The fraction of sp³-hybridized carbons (Fsp3) is 0.241. The Morgan fingerprint density at radius 3 is 2.44 bits per heavy atom. The summed E-state index contributed by atoms with van der Waals surface area (Å²) in [4.78, 5) is 29.8. The Hall–Kier alpha value is -3.71. The van der Waals surface area contributed by atoms with Crippen molar-refractivity contribution >= 4 is 40.1 Å². The normalized spacial score (nSPS) is 19.3. The number of hydrogen-bond donors (Lipinski definition) is 1. The van der Waals surface area contributed by atoms with E-state index < -0.39 is 5.25 Å². The van der Waals surface area contributed by atoms with Crippen LogP contribution >= 0.6 is 11.8 Å². The van der Waals surface area contributed by atoms with Gasteiger partial charge in [-0.2, -0.15) is 10.1 Å². The highest BCUT2D eigenvalue weighted by Crippen LogP contribution is 2.38. The number of carbonyl (C=O) groups is 2. The van der Waals surface area contributed by atoms with E-state index in [0.29, 0.717) is 11.6 Å². The van der Waals surface area contributed by atoms with Crippen molar-refractivity contribution in [2.24, 2.45) is 10.1 Å². The molecule has 6 nitrogen and oxygen atoms in total. The lowest BCUT2D eigenvalue weighted by atomic mass is 9.98. The van der Waals surface area contributed by atoms with Crippen molar-refractivity contribution in [1.29, 1.82) is 0 Å². The maximum Gasteiger partial charge on any atom is 0.262 e. The number of amidine groups is 1. The number of carbonyl (C=O) groups excluding carboxylic acids is 2. The molecule has 0 saturated heterocycles. The lowest BCUT2D eigenvalue weighted by Crippen LogP contribution is -2.25. The maximum atomic E-state index is 12.8. The molecule has 0 aliphatic carbocycles. The number of hydrogen-bond acceptors (Lipinski definition) is 5. The maximum absolute atomic E-state index is 12.8. The third-order valence-corrected chi connectivity index (χ3v) is 7.56. The number of anilines is 1. The summed E-state index contributed by atoms with van der Waals surface area (Å²) < 4.78 is 0. The number of rotatable bonds is 6. The molecule has 0 bridgehead atoms. The summed E-state index contributed by atoms with van der Waals surface area (Å²) in [6.45, 7) is 4.15. The van der Waals surface area contributed by atoms with Crippen molar-refractivity contribution in [3.63, 3.8) is 0 Å². The lowest BCUT2D eigenvalue weighted by Gasteiger charge is -2.23. The third kappa shape index (κ3) is 5.26. The van der Waals surface area contributed by atoms with Gasteiger partial charge in [0, 0.05) is 18.5 Å². The van der Waals surface area contributed by atoms with Gasteiger partial charge in [-0.15, -0.1) is 0 Å². The van der Waals surface area contributed by atoms with Crippen molar-refractivity contribution in [3.8, 4) is 0 Å². The molecule has 3 aromatic carbocycles. The molecule has 1 N–H and O–H groups in total. The molecule has 0 saturated carbocycles. The highest BCUT2D eigenvalue weighted by atomic mass is 32.2. The number of amides is 2. The minimum atomic E-state index is -0.565. The summed E-state index contributed by atoms with van der Waals surface area (Å²) >= 11 is 1.32. The molecule has 0 spiro atoms. The first-order valence-electron chi connectivity index (χ1n) is 12.2. The number of aliphatic imine (C=N–C) groups is 1. The van der Waals surface area contributed by atoms with E-state index in [4.69, 9.17) is 5.10 Å². The molecule has 7 heteroatoms. The number of hydrazone groups is 1. The standard InChI is InChI=1S/C29H28N4O2S/c1-3-20-11-15-23(16-12-20)30-27(34)18-26-28(35)31-29(36-26)33-25(22-13-9-19(2)10-14-22)17-24(32-33)21-7-5-4-6-8-21/h4-16,25-26H,3,17-18H2,1-2H3,(H,30,34)/t25-,26+/m0/s1. The van der Waals surface area contributed by atoms with Crippen LogP contribution in [0.1, 0.15) is 48.1 Å². The summed E-state index contributed by atoms with van der Waals surface area (Å²) in [7, 11) is 0. The predicted molar refractivity (Wildman–Crippen MR) is 146 cm³/mol. The van der Waals surface area contributed by atoms with Crippen LogP contribution in [0.15, 0.2) is 89.0 Å². The van der Waals surface area contributed by atoms with Crippen LogP contribution in [0.4, 0.5) is 5.69 Å². The summed E-state index contributed by atoms with van der Waals surface area (Å²) in [5, 5.41) is 9.63. The van der Waals surface area contributed by atoms with Gasteiger partial charge in [-0.05, 0) is 42.2 Å². The zero-order valence-electron chi connectivity index (χ0n) is 20.3. The fourth-order valence-corrected chi connectivity index (χ4v) is 5.41. The van der Waals surface area contributed by atoms with Gasteiger partial charge < -0.3 is 5.32 Å². The molecule has 5 rings (SSSR count). The van der Waals surface area contributed by atoms with E-state index in [-0.39, 0.29) is 24.3 Å². The molecule has 182 valence electrons. The van der Waals surface area contributed by atoms with Crippen LogP contribution in [0.3, 0.4) is 0 Å². The molecule has 2 heterocycles. The van der Waals surface area contributed by atoms with Crippen LogP contribution in [-0.4, -0.2) is 33.0 Å². The Balaban J connectivity index is 1.32. The number of nitrogens with one attached hydrogen (secondary N) is 1. The number of nitrogens with zero attached hydrogens (tertiary/aromatic N) is 3. The lowest BCUT2D eigenvalue weighted by molar-refractivity contribution is -0.121. The predicted octanol–water partition coefficient (Wildman–Crippen LogP) is 5.74. The molecule has 2 aliphatic heterocycles. The molecular weight excluding hydrogens is 468 g/mol. The first-order valence-corrected chi connectivity index (χ1v) is 13.0. The molecule has 0 unspecified atom stereocenters. The Morgan fingerprint density at radius 1 is 1.03 bits per heavy atom. The van der Waals surface area contributed by atoms with E-state index in [9.17, 15) is 9.59 Å². The minimum absolute atomic E-state index is 0.0598. The molecule has 0 radical (unpaired) electrons. The van der Waals surface area contributed by atoms with Gasteiger partial charge in [0.2, 0.25) is 5.91 Å². The van der Waals surface area contributed by atoms with E-state index in [1.54, 1.807) is 0 Å². The molecule has 2 atom stereocenters. The van der Waals surface area contributed by atoms with E-state index in [1.165, 1.54) is 22.9 Å². The zero-order chi connectivity index (χ0) is 25.1. The SMILES string of the molecule is CCc1ccc(NC(=O)C[C@H]2SC(N3N=C(c4ccccc4)C[C@H]3c3ccc(C)cc3)=NC2=O)cc1. The minimum Gasteiger partial charge on any atom is -0.326 e. The van der Waals surface area contributed by atoms with Crippen LogP contribution < -0.4 is 5.32 Å². The van der Waals surface area contributed by atoms with Gasteiger partial charge in [0.25, 0.3) is 5.91 Å². The molecule has 36 heavy (non-hydrogen) atoms. The van der Waals surface area contributed by atoms with Crippen molar-refractivity contribution < 1.29 is 9.59 Å². The second-order valence-electron chi connectivity index (χ2n) is 9.03. The van der Waals surface area contributed by atoms with Crippen molar-refractivity contribution in [1.82, 2.24) is 5.01 Å². The molecular formula is C29H28N4O2S. The Bertz CT molecular complexity index is 1320. The van der Waals surface area contributed by atoms with E-state index in [2.05, 4.69) is 48.4 Å². The highest BCUT2D eigenvalue weighted by Gasteiger charge is 2.39. The quantitative estimate of drug-likeness (QED) is 0.473. The zero-order valence-corrected chi connectivity index (χ0v) is 21.2. The molecule has 0 aromatic heterocycles. The molecule has 3 aromatic rings. The second-order valence-corrected chi connectivity index (χ2v) is 10.2. The average Bonchev–Trinajstić information content (AvgIpc) is 3.49. The van der Waals surface area contributed by atoms with Gasteiger partial charge in [-0.25, -0.2) is 5.01 Å². The second kappa shape index (κ2) is 10.5. The highest BCUT2D eigenvalue weighted by molar-refractivity contribution is 8.15. The Morgan fingerprint density at radius 2 is 1.75 bits per heavy atom. The number of benzene rings is 3. The first-order chi connectivity index (χ1) is 17.5. The van der Waals surface area contributed by atoms with Crippen molar-refractivity contribution in [2.45, 2.75) is 44.4 Å². The van der Waals surface area contributed by atoms with Crippen LogP contribution in [0.5, 0.6) is 0 Å². The van der Waals surface area contributed by atoms with Crippen molar-refractivity contribution in [2.75, 3.05) is 5.32 Å². The largest absolute Gasteiger partial charge is 0.326 e. The first kappa shape index (κ1) is 24.0. The van der Waals surface area contributed by atoms with Gasteiger partial charge in [-0.3, -0.25) is 9.59 Å². The van der Waals surface area contributed by atoms with Gasteiger partial charge in [0.1, 0.15) is 5.25 Å². The van der Waals surface area contributed by atoms with Gasteiger partial charge in [0.05, 0.1) is 11.8 Å². The number of thioether (sulfide) groups is 1. The molecule has 2 aliphatic rings. The van der Waals surface area contributed by atoms with E-state index in [1.807, 2.05) is 59.6 Å². The molecule has 2 amide bonds. The average molecular weight is 497 g/mol. The Kier molecular flexibility index (Phi) is 7.00. The third-order valence-electron chi connectivity index (χ3n) is 6.42. The topological polar surface area (TPSA) is 74.1 Å². The smallest absolute Gasteiger partial charge is 0.262 e. The van der Waals surface area contributed by atoms with E-state index in [0.717, 1.165) is 28.9 Å². The number of aryl methyl sites for hydroxylation is 2. The monoisotopic (exact) mass is 496 g/mol. The van der Waals surface area contributed by atoms with Gasteiger partial charge in [0.15, 0.2) is 5.17 Å². The Labute approximate surface area is 215 Å². The molecule has 0 fully saturated rings. The summed E-state index contributed by atoms with van der Waals surface area (Å²) in [6, 6.07) is 26.1. The van der Waals surface area contributed by atoms with Crippen molar-refractivity contribution in [3.05, 3.63) is 101 Å². The van der Waals surface area contributed by atoms with Crippen LogP contribution in [0.25, 0.3) is 0 Å². The fourth-order valence-electron chi connectivity index (χ4n) is 4.35. The summed E-state index contributed by atoms with van der Waals surface area (Å²) in [5.41, 5.74) is 6.24. The summed E-state index contributed by atoms with van der Waals surface area (Å²) in [5.74, 6) is -0.496. The van der Waals surface area contributed by atoms with Gasteiger partial charge >= 0.3 is 0 Å². The van der Waals surface area contributed by atoms with Crippen LogP contribution in [0, 0.1) is 6.92 Å². The summed E-state index contributed by atoms with van der Waals surface area (Å²) in [6.07, 6.45) is 1.71. The van der Waals surface area contributed by atoms with E-state index >= 15 is 0 Å². The van der Waals surface area contributed by atoms with Gasteiger partial charge in [-0.1, -0.05) is 91.0 Å². The van der Waals surface area contributed by atoms with Crippen LogP contribution in [0.2, 0.25) is 0 Å².